The van der Waals surface area contributed by atoms with Gasteiger partial charge in [0.25, 0.3) is 0 Å². The van der Waals surface area contributed by atoms with Crippen LogP contribution in [0.3, 0.4) is 0 Å². The number of hydrogen-bond donors (Lipinski definition) is 2. The van der Waals surface area contributed by atoms with Gasteiger partial charge in [-0.05, 0) is 44.5 Å². The van der Waals surface area contributed by atoms with E-state index in [1.807, 2.05) is 25.1 Å². The fourth-order valence-corrected chi connectivity index (χ4v) is 2.98. The van der Waals surface area contributed by atoms with Crippen LogP contribution in [0.4, 0.5) is 4.79 Å². The van der Waals surface area contributed by atoms with Crippen molar-refractivity contribution < 1.29 is 18.7 Å². The molecule has 6 nitrogen and oxygen atoms in total. The molecule has 2 amide bonds. The molecule has 1 aromatic carbocycles. The van der Waals surface area contributed by atoms with Gasteiger partial charge in [0.2, 0.25) is 0 Å². The Morgan fingerprint density at radius 1 is 1.27 bits per heavy atom. The fourth-order valence-electron chi connectivity index (χ4n) is 2.80. The van der Waals surface area contributed by atoms with E-state index >= 15 is 0 Å². The standard InChI is InChI=1S/C19H19ClN2O4/c1-4-25-18(23)16-11(3)21-19(24)22-17(16)15-8-7-14(26-15)12-6-5-10(2)13(20)9-12/h5-9,17H,4H2,1-3H3,(H2,21,22,24)/t17-/m1/s1. The van der Waals surface area contributed by atoms with E-state index in [4.69, 9.17) is 20.8 Å². The van der Waals surface area contributed by atoms with E-state index in [0.29, 0.717) is 27.8 Å². The molecular weight excluding hydrogens is 356 g/mol. The molecule has 26 heavy (non-hydrogen) atoms. The molecule has 2 aromatic rings. The summed E-state index contributed by atoms with van der Waals surface area (Å²) in [6.45, 7) is 5.54. The zero-order chi connectivity index (χ0) is 18.8. The van der Waals surface area contributed by atoms with Gasteiger partial charge in [0, 0.05) is 16.3 Å². The van der Waals surface area contributed by atoms with E-state index in [1.54, 1.807) is 26.0 Å². The number of urea groups is 1. The quantitative estimate of drug-likeness (QED) is 0.789. The monoisotopic (exact) mass is 374 g/mol. The highest BCUT2D eigenvalue weighted by molar-refractivity contribution is 6.31. The summed E-state index contributed by atoms with van der Waals surface area (Å²) in [7, 11) is 0. The Hall–Kier alpha value is -2.73. The SMILES string of the molecule is CCOC(=O)C1=C(C)NC(=O)N[C@@H]1c1ccc(-c2ccc(C)c(Cl)c2)o1. The number of allylic oxidation sites excluding steroid dienone is 1. The van der Waals surface area contributed by atoms with Gasteiger partial charge in [-0.1, -0.05) is 23.7 Å². The molecule has 0 fully saturated rings. The Balaban J connectivity index is 1.98. The first-order chi connectivity index (χ1) is 12.4. The van der Waals surface area contributed by atoms with Crippen LogP contribution in [0.15, 0.2) is 46.0 Å². The predicted octanol–water partition coefficient (Wildman–Crippen LogP) is 4.10. The summed E-state index contributed by atoms with van der Waals surface area (Å²) in [6.07, 6.45) is 0. The molecule has 0 saturated carbocycles. The Kier molecular flexibility index (Phi) is 5.04. The molecule has 7 heteroatoms. The molecule has 2 heterocycles. The minimum absolute atomic E-state index is 0.238. The number of nitrogens with one attached hydrogen (secondary N) is 2. The molecule has 1 aromatic heterocycles. The molecule has 3 rings (SSSR count). The maximum absolute atomic E-state index is 12.3. The van der Waals surface area contributed by atoms with Gasteiger partial charge in [-0.2, -0.15) is 0 Å². The normalized spacial score (nSPS) is 16.9. The highest BCUT2D eigenvalue weighted by Crippen LogP contribution is 2.33. The third-order valence-electron chi connectivity index (χ3n) is 4.13. The van der Waals surface area contributed by atoms with Crippen molar-refractivity contribution in [1.29, 1.82) is 0 Å². The molecule has 0 bridgehead atoms. The zero-order valence-corrected chi connectivity index (χ0v) is 15.4. The maximum Gasteiger partial charge on any atom is 0.338 e. The number of halogens is 1. The summed E-state index contributed by atoms with van der Waals surface area (Å²) in [5.74, 6) is 0.531. The van der Waals surface area contributed by atoms with E-state index in [-0.39, 0.29) is 6.61 Å². The Labute approximate surface area is 156 Å². The van der Waals surface area contributed by atoms with Crippen molar-refractivity contribution >= 4 is 23.6 Å². The molecule has 0 radical (unpaired) electrons. The number of hydrogen-bond acceptors (Lipinski definition) is 4. The number of benzene rings is 1. The van der Waals surface area contributed by atoms with Crippen LogP contribution in [0, 0.1) is 6.92 Å². The second-order valence-corrected chi connectivity index (χ2v) is 6.36. The van der Waals surface area contributed by atoms with Crippen molar-refractivity contribution in [2.75, 3.05) is 6.61 Å². The molecule has 1 aliphatic heterocycles. The van der Waals surface area contributed by atoms with Gasteiger partial charge in [-0.15, -0.1) is 0 Å². The smallest absolute Gasteiger partial charge is 0.338 e. The van der Waals surface area contributed by atoms with Gasteiger partial charge in [-0.25, -0.2) is 9.59 Å². The van der Waals surface area contributed by atoms with Crippen LogP contribution in [-0.2, 0) is 9.53 Å². The van der Waals surface area contributed by atoms with E-state index in [9.17, 15) is 9.59 Å². The molecule has 0 aliphatic carbocycles. The van der Waals surface area contributed by atoms with E-state index in [1.165, 1.54) is 0 Å². The molecule has 0 unspecified atom stereocenters. The lowest BCUT2D eigenvalue weighted by molar-refractivity contribution is -0.139. The van der Waals surface area contributed by atoms with Crippen LogP contribution in [-0.4, -0.2) is 18.6 Å². The highest BCUT2D eigenvalue weighted by Gasteiger charge is 2.34. The van der Waals surface area contributed by atoms with Crippen LogP contribution in [0.1, 0.15) is 31.2 Å². The minimum atomic E-state index is -0.725. The van der Waals surface area contributed by atoms with Crippen LogP contribution < -0.4 is 10.6 Å². The van der Waals surface area contributed by atoms with Crippen molar-refractivity contribution in [2.45, 2.75) is 26.8 Å². The third kappa shape index (κ3) is 3.46. The van der Waals surface area contributed by atoms with Crippen LogP contribution >= 0.6 is 11.6 Å². The molecule has 2 N–H and O–H groups in total. The number of aryl methyl sites for hydroxylation is 1. The summed E-state index contributed by atoms with van der Waals surface area (Å²) in [6, 6.07) is 8.00. The minimum Gasteiger partial charge on any atom is -0.463 e. The van der Waals surface area contributed by atoms with Gasteiger partial charge in [0.15, 0.2) is 0 Å². The number of carbonyl (C=O) groups is 2. The molecule has 1 aliphatic rings. The topological polar surface area (TPSA) is 80.6 Å². The average molecular weight is 375 g/mol. The number of amides is 2. The lowest BCUT2D eigenvalue weighted by Gasteiger charge is -2.26. The summed E-state index contributed by atoms with van der Waals surface area (Å²) < 4.78 is 11.0. The van der Waals surface area contributed by atoms with Crippen molar-refractivity contribution in [2.24, 2.45) is 0 Å². The van der Waals surface area contributed by atoms with Crippen molar-refractivity contribution in [3.63, 3.8) is 0 Å². The zero-order valence-electron chi connectivity index (χ0n) is 14.7. The molecular formula is C19H19ClN2O4. The van der Waals surface area contributed by atoms with E-state index in [0.717, 1.165) is 11.1 Å². The first-order valence-corrected chi connectivity index (χ1v) is 8.60. The average Bonchev–Trinajstić information content (AvgIpc) is 3.06. The number of ether oxygens (including phenoxy) is 1. The largest absolute Gasteiger partial charge is 0.463 e. The van der Waals surface area contributed by atoms with Crippen LogP contribution in [0.25, 0.3) is 11.3 Å². The van der Waals surface area contributed by atoms with Gasteiger partial charge < -0.3 is 19.8 Å². The number of esters is 1. The molecule has 1 atom stereocenters. The lowest BCUT2D eigenvalue weighted by atomic mass is 10.0. The number of rotatable bonds is 4. The van der Waals surface area contributed by atoms with Gasteiger partial charge in [-0.3, -0.25) is 0 Å². The van der Waals surface area contributed by atoms with Gasteiger partial charge >= 0.3 is 12.0 Å². The predicted molar refractivity (Wildman–Crippen MR) is 97.6 cm³/mol. The second-order valence-electron chi connectivity index (χ2n) is 5.96. The molecule has 0 spiro atoms. The van der Waals surface area contributed by atoms with E-state index in [2.05, 4.69) is 10.6 Å². The molecule has 136 valence electrons. The van der Waals surface area contributed by atoms with Gasteiger partial charge in [0.05, 0.1) is 12.2 Å². The Bertz CT molecular complexity index is 901. The molecule has 0 saturated heterocycles. The Morgan fingerprint density at radius 2 is 2.04 bits per heavy atom. The van der Waals surface area contributed by atoms with Gasteiger partial charge in [0.1, 0.15) is 17.6 Å². The Morgan fingerprint density at radius 3 is 2.73 bits per heavy atom. The summed E-state index contributed by atoms with van der Waals surface area (Å²) >= 11 is 6.18. The first kappa shape index (κ1) is 18.1. The summed E-state index contributed by atoms with van der Waals surface area (Å²) in [5, 5.41) is 5.94. The number of furan rings is 1. The van der Waals surface area contributed by atoms with E-state index < -0.39 is 18.0 Å². The summed E-state index contributed by atoms with van der Waals surface area (Å²) in [5.41, 5.74) is 2.53. The third-order valence-corrected chi connectivity index (χ3v) is 4.54. The maximum atomic E-state index is 12.3. The van der Waals surface area contributed by atoms with Crippen molar-refractivity contribution in [1.82, 2.24) is 10.6 Å². The van der Waals surface area contributed by atoms with Crippen molar-refractivity contribution in [3.05, 3.63) is 57.9 Å². The first-order valence-electron chi connectivity index (χ1n) is 8.22. The van der Waals surface area contributed by atoms with Crippen LogP contribution in [0.2, 0.25) is 5.02 Å². The van der Waals surface area contributed by atoms with Crippen LogP contribution in [0.5, 0.6) is 0 Å². The van der Waals surface area contributed by atoms with Crippen molar-refractivity contribution in [3.8, 4) is 11.3 Å². The lowest BCUT2D eigenvalue weighted by Crippen LogP contribution is -2.45. The second kappa shape index (κ2) is 7.25. The summed E-state index contributed by atoms with van der Waals surface area (Å²) in [4.78, 5) is 24.2. The fraction of sp³-hybridized carbons (Fsp3) is 0.263. The number of carbonyl (C=O) groups excluding carboxylic acids is 2. The highest BCUT2D eigenvalue weighted by atomic mass is 35.5.